The Labute approximate surface area is 114 Å². The summed E-state index contributed by atoms with van der Waals surface area (Å²) in [5, 5.41) is 0. The van der Waals surface area contributed by atoms with Gasteiger partial charge in [-0.3, -0.25) is 14.5 Å². The molecular formula is C14H13FO5. The third kappa shape index (κ3) is 1.39. The summed E-state index contributed by atoms with van der Waals surface area (Å²) in [4.78, 5) is 39.7. The highest BCUT2D eigenvalue weighted by atomic mass is 19.3. The number of halogens is 1. The molecule has 0 saturated carbocycles. The van der Waals surface area contributed by atoms with Gasteiger partial charge in [-0.05, 0) is 13.3 Å². The van der Waals surface area contributed by atoms with Gasteiger partial charge in [0.1, 0.15) is 11.9 Å². The van der Waals surface area contributed by atoms with Crippen molar-refractivity contribution in [3.05, 3.63) is 23.0 Å². The molecule has 5 nitrogen and oxygen atoms in total. The van der Waals surface area contributed by atoms with Crippen LogP contribution in [0.3, 0.4) is 0 Å². The standard InChI is InChI=1S/C14H13FO5/c1-7-14(13(18)20-15,8-3-2-4-9(8)16)12-10(17)5-6-11(12)19-7/h3,7H,2,4-6H2,1H3. The Bertz CT molecular complexity index is 588. The first-order chi connectivity index (χ1) is 9.53. The van der Waals surface area contributed by atoms with Crippen LogP contribution in [0.2, 0.25) is 0 Å². The number of carbonyl (C=O) groups excluding carboxylic acids is 3. The van der Waals surface area contributed by atoms with E-state index in [9.17, 15) is 18.9 Å². The van der Waals surface area contributed by atoms with E-state index in [0.717, 1.165) is 0 Å². The molecule has 1 heterocycles. The predicted molar refractivity (Wildman–Crippen MR) is 63.8 cm³/mol. The second-order valence-electron chi connectivity index (χ2n) is 5.23. The summed E-state index contributed by atoms with van der Waals surface area (Å²) in [5.74, 6) is -1.41. The molecule has 2 aliphatic carbocycles. The van der Waals surface area contributed by atoms with Crippen molar-refractivity contribution < 1.29 is 28.6 Å². The van der Waals surface area contributed by atoms with Gasteiger partial charge in [0.25, 0.3) is 0 Å². The number of Topliss-reactive ketones (excluding diaryl/α,β-unsaturated/α-hetero) is 2. The van der Waals surface area contributed by atoms with Crippen LogP contribution < -0.4 is 0 Å². The number of hydrogen-bond donors (Lipinski definition) is 0. The largest absolute Gasteiger partial charge is 0.493 e. The molecule has 0 aromatic heterocycles. The zero-order valence-electron chi connectivity index (χ0n) is 10.9. The zero-order valence-corrected chi connectivity index (χ0v) is 10.9. The van der Waals surface area contributed by atoms with Crippen molar-refractivity contribution in [2.75, 3.05) is 0 Å². The van der Waals surface area contributed by atoms with E-state index in [-0.39, 0.29) is 35.6 Å². The Morgan fingerprint density at radius 3 is 2.70 bits per heavy atom. The highest BCUT2D eigenvalue weighted by Crippen LogP contribution is 2.54. The van der Waals surface area contributed by atoms with Crippen LogP contribution >= 0.6 is 0 Å². The Morgan fingerprint density at radius 1 is 1.35 bits per heavy atom. The first-order valence-electron chi connectivity index (χ1n) is 6.53. The molecular weight excluding hydrogens is 267 g/mol. The monoisotopic (exact) mass is 280 g/mol. The highest BCUT2D eigenvalue weighted by molar-refractivity contribution is 6.14. The van der Waals surface area contributed by atoms with Crippen LogP contribution in [0.25, 0.3) is 0 Å². The minimum absolute atomic E-state index is 0.106. The van der Waals surface area contributed by atoms with Crippen molar-refractivity contribution >= 4 is 17.5 Å². The number of carbonyl (C=O) groups is 3. The Kier molecular flexibility index (Phi) is 2.77. The molecule has 0 radical (unpaired) electrons. The molecule has 0 bridgehead atoms. The fourth-order valence-corrected chi connectivity index (χ4v) is 3.46. The van der Waals surface area contributed by atoms with Gasteiger partial charge >= 0.3 is 5.97 Å². The molecule has 2 atom stereocenters. The van der Waals surface area contributed by atoms with Crippen molar-refractivity contribution in [1.29, 1.82) is 0 Å². The van der Waals surface area contributed by atoms with Gasteiger partial charge in [0.05, 0.1) is 5.57 Å². The molecule has 6 heteroatoms. The van der Waals surface area contributed by atoms with E-state index in [0.29, 0.717) is 18.6 Å². The quantitative estimate of drug-likeness (QED) is 0.770. The molecule has 0 aromatic carbocycles. The molecule has 106 valence electrons. The van der Waals surface area contributed by atoms with Crippen LogP contribution in [-0.2, 0) is 24.1 Å². The van der Waals surface area contributed by atoms with Gasteiger partial charge in [-0.1, -0.05) is 6.08 Å². The fourth-order valence-electron chi connectivity index (χ4n) is 3.46. The summed E-state index contributed by atoms with van der Waals surface area (Å²) in [6, 6.07) is 0. The van der Waals surface area contributed by atoms with Crippen molar-refractivity contribution in [3.63, 3.8) is 0 Å². The highest BCUT2D eigenvalue weighted by Gasteiger charge is 2.63. The molecule has 0 saturated heterocycles. The van der Waals surface area contributed by atoms with E-state index < -0.39 is 17.5 Å². The lowest BCUT2D eigenvalue weighted by Gasteiger charge is -2.30. The maximum atomic E-state index is 12.6. The fraction of sp³-hybridized carbons (Fsp3) is 0.500. The summed E-state index contributed by atoms with van der Waals surface area (Å²) in [5.41, 5.74) is -1.49. The smallest absolute Gasteiger partial charge is 0.367 e. The normalized spacial score (nSPS) is 32.3. The molecule has 0 amide bonds. The van der Waals surface area contributed by atoms with E-state index >= 15 is 0 Å². The summed E-state index contributed by atoms with van der Waals surface area (Å²) < 4.78 is 18.2. The number of ether oxygens (including phenoxy) is 1. The Morgan fingerprint density at radius 2 is 2.10 bits per heavy atom. The third-order valence-corrected chi connectivity index (χ3v) is 4.30. The molecule has 0 spiro atoms. The topological polar surface area (TPSA) is 69.7 Å². The molecule has 2 unspecified atom stereocenters. The first kappa shape index (κ1) is 13.0. The molecule has 3 aliphatic rings. The number of allylic oxidation sites excluding steroid dienone is 2. The van der Waals surface area contributed by atoms with Crippen LogP contribution in [0.5, 0.6) is 0 Å². The zero-order chi connectivity index (χ0) is 14.5. The van der Waals surface area contributed by atoms with Crippen molar-refractivity contribution in [2.24, 2.45) is 5.41 Å². The van der Waals surface area contributed by atoms with Gasteiger partial charge in [0.2, 0.25) is 0 Å². The van der Waals surface area contributed by atoms with Crippen LogP contribution in [0.4, 0.5) is 4.53 Å². The van der Waals surface area contributed by atoms with Crippen LogP contribution in [0.1, 0.15) is 32.6 Å². The number of rotatable bonds is 2. The summed E-state index contributed by atoms with van der Waals surface area (Å²) in [7, 11) is 0. The van der Waals surface area contributed by atoms with Crippen LogP contribution in [0.15, 0.2) is 23.0 Å². The number of ketones is 2. The minimum atomic E-state index is -1.73. The van der Waals surface area contributed by atoms with Gasteiger partial charge in [-0.15, -0.1) is 0 Å². The second kappa shape index (κ2) is 4.26. The lowest BCUT2D eigenvalue weighted by Crippen LogP contribution is -2.45. The van der Waals surface area contributed by atoms with E-state index in [1.54, 1.807) is 13.0 Å². The SMILES string of the molecule is CC1OC2=C(C(=O)CC2)C1(C(=O)OF)C1=CCCC1=O. The Hall–Kier alpha value is -1.98. The molecule has 1 aliphatic heterocycles. The second-order valence-corrected chi connectivity index (χ2v) is 5.23. The van der Waals surface area contributed by atoms with Crippen molar-refractivity contribution in [2.45, 2.75) is 38.7 Å². The van der Waals surface area contributed by atoms with Gasteiger partial charge in [0, 0.05) is 29.4 Å². The average Bonchev–Trinajstić information content (AvgIpc) is 3.07. The first-order valence-corrected chi connectivity index (χ1v) is 6.53. The van der Waals surface area contributed by atoms with Crippen molar-refractivity contribution in [3.8, 4) is 0 Å². The van der Waals surface area contributed by atoms with E-state index in [1.165, 1.54) is 0 Å². The molecule has 20 heavy (non-hydrogen) atoms. The lowest BCUT2D eigenvalue weighted by molar-refractivity contribution is -0.196. The minimum Gasteiger partial charge on any atom is -0.493 e. The average molecular weight is 280 g/mol. The third-order valence-electron chi connectivity index (χ3n) is 4.30. The maximum Gasteiger partial charge on any atom is 0.367 e. The molecule has 0 N–H and O–H groups in total. The van der Waals surface area contributed by atoms with E-state index in [1.807, 2.05) is 0 Å². The van der Waals surface area contributed by atoms with Crippen LogP contribution in [-0.4, -0.2) is 23.6 Å². The summed E-state index contributed by atoms with van der Waals surface area (Å²) in [6.45, 7) is 1.55. The Balaban J connectivity index is 2.23. The summed E-state index contributed by atoms with van der Waals surface area (Å²) in [6.07, 6.45) is 2.06. The summed E-state index contributed by atoms with van der Waals surface area (Å²) >= 11 is 0. The molecule has 0 fully saturated rings. The molecule has 3 rings (SSSR count). The predicted octanol–water partition coefficient (Wildman–Crippen LogP) is 1.73. The van der Waals surface area contributed by atoms with E-state index in [2.05, 4.69) is 4.94 Å². The maximum absolute atomic E-state index is 12.6. The van der Waals surface area contributed by atoms with Crippen molar-refractivity contribution in [1.82, 2.24) is 0 Å². The lowest BCUT2D eigenvalue weighted by atomic mass is 9.69. The number of hydrogen-bond acceptors (Lipinski definition) is 5. The van der Waals surface area contributed by atoms with Gasteiger partial charge < -0.3 is 4.74 Å². The van der Waals surface area contributed by atoms with Gasteiger partial charge in [-0.2, -0.15) is 0 Å². The molecule has 0 aromatic rings. The van der Waals surface area contributed by atoms with Gasteiger partial charge in [0.15, 0.2) is 17.0 Å². The van der Waals surface area contributed by atoms with E-state index in [4.69, 9.17) is 4.74 Å². The van der Waals surface area contributed by atoms with Gasteiger partial charge in [-0.25, -0.2) is 4.79 Å². The van der Waals surface area contributed by atoms with Crippen LogP contribution in [0, 0.1) is 5.41 Å².